The van der Waals surface area contributed by atoms with Gasteiger partial charge in [0.15, 0.2) is 5.82 Å². The average molecular weight is 753 g/mol. The van der Waals surface area contributed by atoms with Crippen molar-refractivity contribution in [1.29, 1.82) is 0 Å². The molecule has 2 nitrogen and oxygen atoms in total. The second kappa shape index (κ2) is 13.9. The van der Waals surface area contributed by atoms with Crippen LogP contribution in [0.25, 0.3) is 100.0 Å². The summed E-state index contributed by atoms with van der Waals surface area (Å²) in [6, 6.07) is 74.2. The lowest BCUT2D eigenvalue weighted by Crippen LogP contribution is -2.15. The molecule has 0 aliphatic heterocycles. The lowest BCUT2D eigenvalue weighted by molar-refractivity contribution is 0.666. The predicted molar refractivity (Wildman–Crippen MR) is 247 cm³/mol. The van der Waals surface area contributed by atoms with E-state index in [0.717, 1.165) is 33.5 Å². The molecule has 1 aliphatic carbocycles. The Morgan fingerprint density at radius 2 is 0.797 bits per heavy atom. The molecule has 0 unspecified atom stereocenters. The molecule has 0 saturated heterocycles. The minimum Gasteiger partial charge on any atom is -0.228 e. The highest BCUT2D eigenvalue weighted by Crippen LogP contribution is 2.52. The van der Waals surface area contributed by atoms with E-state index in [4.69, 9.17) is 9.97 Å². The number of benzene rings is 9. The number of rotatable bonds is 6. The van der Waals surface area contributed by atoms with Gasteiger partial charge in [-0.2, -0.15) is 0 Å². The molecule has 1 aromatic heterocycles. The molecular formula is C57H40N2. The summed E-state index contributed by atoms with van der Waals surface area (Å²) in [7, 11) is 0. The largest absolute Gasteiger partial charge is 0.228 e. The molecule has 0 N–H and O–H groups in total. The second-order valence-corrected chi connectivity index (χ2v) is 16.1. The molecule has 0 saturated carbocycles. The maximum atomic E-state index is 5.25. The van der Waals surface area contributed by atoms with E-state index in [1.165, 1.54) is 71.8 Å². The van der Waals surface area contributed by atoms with Gasteiger partial charge in [-0.3, -0.25) is 0 Å². The van der Waals surface area contributed by atoms with Gasteiger partial charge in [-0.1, -0.05) is 208 Å². The first-order valence-electron chi connectivity index (χ1n) is 20.4. The van der Waals surface area contributed by atoms with Gasteiger partial charge in [0, 0.05) is 22.1 Å². The van der Waals surface area contributed by atoms with Gasteiger partial charge < -0.3 is 0 Å². The Morgan fingerprint density at radius 1 is 0.322 bits per heavy atom. The molecule has 0 atom stereocenters. The van der Waals surface area contributed by atoms with Crippen LogP contribution in [0.4, 0.5) is 0 Å². The first-order chi connectivity index (χ1) is 29.0. The molecule has 11 rings (SSSR count). The van der Waals surface area contributed by atoms with Crippen LogP contribution in [0.1, 0.15) is 25.0 Å². The Morgan fingerprint density at radius 3 is 1.47 bits per heavy atom. The highest BCUT2D eigenvalue weighted by atomic mass is 14.9. The van der Waals surface area contributed by atoms with E-state index in [2.05, 4.69) is 202 Å². The van der Waals surface area contributed by atoms with Crippen LogP contribution in [0.3, 0.4) is 0 Å². The summed E-state index contributed by atoms with van der Waals surface area (Å²) < 4.78 is 0. The van der Waals surface area contributed by atoms with Crippen LogP contribution >= 0.6 is 0 Å². The molecule has 59 heavy (non-hydrogen) atoms. The third kappa shape index (κ3) is 5.96. The number of nitrogens with zero attached hydrogens (tertiary/aromatic N) is 2. The third-order valence-electron chi connectivity index (χ3n) is 12.3. The van der Waals surface area contributed by atoms with Gasteiger partial charge in [0.1, 0.15) is 0 Å². The van der Waals surface area contributed by atoms with Crippen molar-refractivity contribution >= 4 is 21.5 Å². The molecule has 278 valence electrons. The van der Waals surface area contributed by atoms with Crippen molar-refractivity contribution in [2.24, 2.45) is 0 Å². The summed E-state index contributed by atoms with van der Waals surface area (Å²) in [5.74, 6) is 0.708. The van der Waals surface area contributed by atoms with Gasteiger partial charge in [-0.25, -0.2) is 9.97 Å². The molecule has 0 radical (unpaired) electrons. The highest BCUT2D eigenvalue weighted by Gasteiger charge is 2.37. The van der Waals surface area contributed by atoms with E-state index < -0.39 is 0 Å². The molecule has 0 fully saturated rings. The van der Waals surface area contributed by atoms with Crippen molar-refractivity contribution < 1.29 is 0 Å². The third-order valence-corrected chi connectivity index (χ3v) is 12.3. The maximum absolute atomic E-state index is 5.25. The molecule has 2 heteroatoms. The van der Waals surface area contributed by atoms with Crippen molar-refractivity contribution in [3.05, 3.63) is 217 Å². The van der Waals surface area contributed by atoms with Crippen LogP contribution in [-0.2, 0) is 5.41 Å². The van der Waals surface area contributed by atoms with Gasteiger partial charge in [0.25, 0.3) is 0 Å². The fourth-order valence-corrected chi connectivity index (χ4v) is 9.31. The lowest BCUT2D eigenvalue weighted by Gasteiger charge is -2.24. The monoisotopic (exact) mass is 752 g/mol. The van der Waals surface area contributed by atoms with E-state index in [9.17, 15) is 0 Å². The molecule has 1 heterocycles. The average Bonchev–Trinajstić information content (AvgIpc) is 3.54. The predicted octanol–water partition coefficient (Wildman–Crippen LogP) is 15.1. The summed E-state index contributed by atoms with van der Waals surface area (Å²) in [5, 5.41) is 5.00. The van der Waals surface area contributed by atoms with Crippen LogP contribution in [0.5, 0.6) is 0 Å². The fraction of sp³-hybridized carbons (Fsp3) is 0.0526. The highest BCUT2D eigenvalue weighted by molar-refractivity contribution is 6.05. The second-order valence-electron chi connectivity index (χ2n) is 16.1. The van der Waals surface area contributed by atoms with Crippen LogP contribution in [0.15, 0.2) is 206 Å². The molecule has 9 aromatic carbocycles. The summed E-state index contributed by atoms with van der Waals surface area (Å²) in [6.07, 6.45) is 0. The summed E-state index contributed by atoms with van der Waals surface area (Å²) in [4.78, 5) is 10.4. The van der Waals surface area contributed by atoms with Crippen molar-refractivity contribution in [2.45, 2.75) is 19.3 Å². The number of fused-ring (bicyclic) bond motifs is 6. The van der Waals surface area contributed by atoms with Gasteiger partial charge >= 0.3 is 0 Å². The Kier molecular flexibility index (Phi) is 8.20. The van der Waals surface area contributed by atoms with E-state index >= 15 is 0 Å². The van der Waals surface area contributed by atoms with E-state index in [0.29, 0.717) is 5.82 Å². The number of aromatic nitrogens is 2. The Labute approximate surface area is 345 Å². The van der Waals surface area contributed by atoms with Gasteiger partial charge in [0.2, 0.25) is 0 Å². The van der Waals surface area contributed by atoms with Crippen molar-refractivity contribution in [2.75, 3.05) is 0 Å². The Bertz CT molecular complexity index is 3200. The minimum atomic E-state index is -0.131. The molecule has 0 spiro atoms. The van der Waals surface area contributed by atoms with Crippen molar-refractivity contribution in [3.63, 3.8) is 0 Å². The SMILES string of the molecule is CC1(C)c2cc(-c3ccc(-c4cc(-c5ccc(-c6ccc(-c7ccccc7)cc6)cc5)nc(-c5ccccc5)n4)c4ccccc34)ccc2-c2ccc3ccccc3c21. The topological polar surface area (TPSA) is 25.8 Å². The van der Waals surface area contributed by atoms with Crippen molar-refractivity contribution in [1.82, 2.24) is 9.97 Å². The smallest absolute Gasteiger partial charge is 0.160 e. The van der Waals surface area contributed by atoms with E-state index in [1.807, 2.05) is 18.2 Å². The summed E-state index contributed by atoms with van der Waals surface area (Å²) >= 11 is 0. The molecule has 1 aliphatic rings. The lowest BCUT2D eigenvalue weighted by atomic mass is 9.79. The standard InChI is InChI=1S/C57H40N2/c1-57(2)52-35-44(30-31-49(52)51-32-29-41-15-9-10-18-46(41)55(51)57)45-33-34-50(48-20-12-11-19-47(45)48)54-36-53(58-56(59-54)43-16-7-4-8-17-43)42-27-25-40(26-28-42)39-23-21-38(22-24-39)37-13-5-3-6-14-37/h3-36H,1-2H3. The molecule has 10 aromatic rings. The normalized spacial score (nSPS) is 12.7. The van der Waals surface area contributed by atoms with Crippen LogP contribution in [0, 0.1) is 0 Å². The van der Waals surface area contributed by atoms with Crippen LogP contribution < -0.4 is 0 Å². The van der Waals surface area contributed by atoms with Crippen LogP contribution in [-0.4, -0.2) is 9.97 Å². The van der Waals surface area contributed by atoms with E-state index in [1.54, 1.807) is 0 Å². The zero-order valence-electron chi connectivity index (χ0n) is 33.0. The van der Waals surface area contributed by atoms with E-state index in [-0.39, 0.29) is 5.41 Å². The van der Waals surface area contributed by atoms with Gasteiger partial charge in [-0.05, 0) is 89.3 Å². The zero-order chi connectivity index (χ0) is 39.5. The first kappa shape index (κ1) is 34.8. The fourth-order valence-electron chi connectivity index (χ4n) is 9.31. The molecule has 0 amide bonds. The van der Waals surface area contributed by atoms with Crippen LogP contribution in [0.2, 0.25) is 0 Å². The molecule has 0 bridgehead atoms. The first-order valence-corrected chi connectivity index (χ1v) is 20.4. The van der Waals surface area contributed by atoms with Gasteiger partial charge in [-0.15, -0.1) is 0 Å². The zero-order valence-corrected chi connectivity index (χ0v) is 33.0. The Hall–Kier alpha value is -7.42. The van der Waals surface area contributed by atoms with Crippen molar-refractivity contribution in [3.8, 4) is 78.4 Å². The molecular weight excluding hydrogens is 713 g/mol. The minimum absolute atomic E-state index is 0.131. The Balaban J connectivity index is 0.987. The maximum Gasteiger partial charge on any atom is 0.160 e. The number of hydrogen-bond donors (Lipinski definition) is 0. The number of hydrogen-bond acceptors (Lipinski definition) is 2. The summed E-state index contributed by atoms with van der Waals surface area (Å²) in [5.41, 5.74) is 17.5. The van der Waals surface area contributed by atoms with Gasteiger partial charge in [0.05, 0.1) is 11.4 Å². The quantitative estimate of drug-likeness (QED) is 0.169. The summed E-state index contributed by atoms with van der Waals surface area (Å²) in [6.45, 7) is 4.76.